The quantitative estimate of drug-likeness (QED) is 0.716. The van der Waals surface area contributed by atoms with E-state index >= 15 is 0 Å². The number of ether oxygens (including phenoxy) is 1. The highest BCUT2D eigenvalue weighted by molar-refractivity contribution is 5.33. The van der Waals surface area contributed by atoms with Gasteiger partial charge in [0.1, 0.15) is 18.1 Å². The van der Waals surface area contributed by atoms with Crippen molar-refractivity contribution in [1.29, 1.82) is 0 Å². The highest BCUT2D eigenvalue weighted by Crippen LogP contribution is 2.27. The monoisotopic (exact) mass is 255 g/mol. The minimum absolute atomic E-state index is 0.268. The van der Waals surface area contributed by atoms with Crippen LogP contribution >= 0.6 is 0 Å². The summed E-state index contributed by atoms with van der Waals surface area (Å²) in [7, 11) is 3.59. The van der Waals surface area contributed by atoms with Crippen LogP contribution in [0.1, 0.15) is 12.6 Å². The fourth-order valence-electron chi connectivity index (χ4n) is 1.92. The Kier molecular flexibility index (Phi) is 3.65. The molecule has 1 aliphatic rings. The molecule has 3 atom stereocenters. The lowest BCUT2D eigenvalue weighted by Crippen LogP contribution is -2.29. The van der Waals surface area contributed by atoms with Crippen molar-refractivity contribution in [1.82, 2.24) is 9.55 Å². The summed E-state index contributed by atoms with van der Waals surface area (Å²) in [5, 5.41) is 18.6. The standard InChI is InChI=1S/C11H17N3O4/c1-13(2)9-3-4-14(11(17)12-9)10-5-7(16)8(6-15)18-10/h3-4,7-8,10,15-16H,5-6H2,1-2H3. The predicted octanol–water partition coefficient (Wildman–Crippen LogP) is -1.05. The van der Waals surface area contributed by atoms with Crippen LogP contribution in [0.4, 0.5) is 5.82 Å². The van der Waals surface area contributed by atoms with Gasteiger partial charge in [0.05, 0.1) is 12.7 Å². The number of aliphatic hydroxyl groups is 2. The second kappa shape index (κ2) is 5.05. The van der Waals surface area contributed by atoms with Gasteiger partial charge in [-0.15, -0.1) is 0 Å². The summed E-state index contributed by atoms with van der Waals surface area (Å²) in [6, 6.07) is 1.70. The highest BCUT2D eigenvalue weighted by atomic mass is 16.5. The van der Waals surface area contributed by atoms with Crippen LogP contribution in [-0.4, -0.2) is 52.7 Å². The molecule has 100 valence electrons. The fourth-order valence-corrected chi connectivity index (χ4v) is 1.92. The lowest BCUT2D eigenvalue weighted by atomic mass is 10.2. The zero-order valence-corrected chi connectivity index (χ0v) is 10.4. The maximum atomic E-state index is 11.8. The van der Waals surface area contributed by atoms with Gasteiger partial charge in [-0.3, -0.25) is 4.57 Å². The molecule has 0 amide bonds. The van der Waals surface area contributed by atoms with E-state index in [0.717, 1.165) is 0 Å². The minimum Gasteiger partial charge on any atom is -0.394 e. The predicted molar refractivity (Wildman–Crippen MR) is 64.4 cm³/mol. The Morgan fingerprint density at radius 2 is 2.33 bits per heavy atom. The van der Waals surface area contributed by atoms with Crippen LogP contribution in [0, 0.1) is 0 Å². The lowest BCUT2D eigenvalue weighted by molar-refractivity contribution is -0.0458. The summed E-state index contributed by atoms with van der Waals surface area (Å²) in [5.74, 6) is 0.563. The van der Waals surface area contributed by atoms with E-state index < -0.39 is 24.1 Å². The second-order valence-corrected chi connectivity index (χ2v) is 4.48. The van der Waals surface area contributed by atoms with Crippen LogP contribution in [0.25, 0.3) is 0 Å². The first-order valence-corrected chi connectivity index (χ1v) is 5.74. The summed E-state index contributed by atoms with van der Waals surface area (Å²) >= 11 is 0. The number of hydrogen-bond donors (Lipinski definition) is 2. The van der Waals surface area contributed by atoms with Crippen molar-refractivity contribution in [2.24, 2.45) is 0 Å². The lowest BCUT2D eigenvalue weighted by Gasteiger charge is -2.16. The number of aliphatic hydroxyl groups excluding tert-OH is 2. The van der Waals surface area contributed by atoms with Crippen LogP contribution in [0.3, 0.4) is 0 Å². The molecular formula is C11H17N3O4. The van der Waals surface area contributed by atoms with Crippen molar-refractivity contribution in [3.63, 3.8) is 0 Å². The molecule has 1 saturated heterocycles. The third-order valence-corrected chi connectivity index (χ3v) is 2.97. The number of rotatable bonds is 3. The Balaban J connectivity index is 2.23. The zero-order valence-electron chi connectivity index (χ0n) is 10.4. The smallest absolute Gasteiger partial charge is 0.351 e. The van der Waals surface area contributed by atoms with E-state index in [-0.39, 0.29) is 13.0 Å². The first-order chi connectivity index (χ1) is 8.52. The van der Waals surface area contributed by atoms with Crippen molar-refractivity contribution in [2.45, 2.75) is 24.9 Å². The Hall–Kier alpha value is -1.44. The van der Waals surface area contributed by atoms with Crippen LogP contribution < -0.4 is 10.6 Å². The van der Waals surface area contributed by atoms with E-state index in [0.29, 0.717) is 5.82 Å². The maximum Gasteiger partial charge on any atom is 0.351 e. The Bertz CT molecular complexity index is 474. The summed E-state index contributed by atoms with van der Waals surface area (Å²) in [6.45, 7) is -0.268. The fraction of sp³-hybridized carbons (Fsp3) is 0.636. The first-order valence-electron chi connectivity index (χ1n) is 5.74. The molecule has 18 heavy (non-hydrogen) atoms. The number of hydrogen-bond acceptors (Lipinski definition) is 6. The van der Waals surface area contributed by atoms with E-state index in [1.807, 2.05) is 0 Å². The van der Waals surface area contributed by atoms with Crippen molar-refractivity contribution in [3.8, 4) is 0 Å². The van der Waals surface area contributed by atoms with Gasteiger partial charge < -0.3 is 19.8 Å². The number of anilines is 1. The molecule has 0 radical (unpaired) electrons. The summed E-state index contributed by atoms with van der Waals surface area (Å²) in [6.07, 6.45) is -0.125. The van der Waals surface area contributed by atoms with Gasteiger partial charge in [0.15, 0.2) is 0 Å². The molecule has 2 heterocycles. The van der Waals surface area contributed by atoms with Crippen LogP contribution in [-0.2, 0) is 4.74 Å². The average molecular weight is 255 g/mol. The average Bonchev–Trinajstić information content (AvgIpc) is 2.70. The van der Waals surface area contributed by atoms with Crippen molar-refractivity contribution >= 4 is 5.82 Å². The largest absolute Gasteiger partial charge is 0.394 e. The molecule has 0 spiro atoms. The molecule has 1 aromatic rings. The van der Waals surface area contributed by atoms with Gasteiger partial charge in [0, 0.05) is 26.7 Å². The van der Waals surface area contributed by atoms with E-state index in [9.17, 15) is 9.90 Å². The topological polar surface area (TPSA) is 87.8 Å². The van der Waals surface area contributed by atoms with Gasteiger partial charge >= 0.3 is 5.69 Å². The van der Waals surface area contributed by atoms with Crippen molar-refractivity contribution in [2.75, 3.05) is 25.6 Å². The van der Waals surface area contributed by atoms with Gasteiger partial charge in [-0.05, 0) is 6.07 Å². The number of nitrogens with zero attached hydrogens (tertiary/aromatic N) is 3. The molecule has 2 rings (SSSR count). The van der Waals surface area contributed by atoms with E-state index in [2.05, 4.69) is 4.98 Å². The van der Waals surface area contributed by atoms with Gasteiger partial charge in [-0.1, -0.05) is 0 Å². The molecule has 0 aliphatic carbocycles. The maximum absolute atomic E-state index is 11.8. The molecule has 1 aliphatic heterocycles. The van der Waals surface area contributed by atoms with Crippen LogP contribution in [0.2, 0.25) is 0 Å². The normalized spacial score (nSPS) is 27.4. The molecular weight excluding hydrogens is 238 g/mol. The molecule has 3 unspecified atom stereocenters. The summed E-state index contributed by atoms with van der Waals surface area (Å²) in [5.41, 5.74) is -0.433. The Labute approximate surface area is 104 Å². The second-order valence-electron chi connectivity index (χ2n) is 4.48. The molecule has 1 fully saturated rings. The molecule has 7 heteroatoms. The molecule has 0 saturated carbocycles. The third kappa shape index (κ3) is 2.38. The zero-order chi connectivity index (χ0) is 13.3. The Morgan fingerprint density at radius 1 is 1.61 bits per heavy atom. The summed E-state index contributed by atoms with van der Waals surface area (Å²) < 4.78 is 6.72. The molecule has 2 N–H and O–H groups in total. The van der Waals surface area contributed by atoms with Gasteiger partial charge in [0.25, 0.3) is 0 Å². The highest BCUT2D eigenvalue weighted by Gasteiger charge is 2.34. The number of aromatic nitrogens is 2. The van der Waals surface area contributed by atoms with E-state index in [4.69, 9.17) is 9.84 Å². The summed E-state index contributed by atoms with van der Waals surface area (Å²) in [4.78, 5) is 17.5. The van der Waals surface area contributed by atoms with Crippen molar-refractivity contribution in [3.05, 3.63) is 22.7 Å². The van der Waals surface area contributed by atoms with Crippen LogP contribution in [0.5, 0.6) is 0 Å². The molecule has 7 nitrogen and oxygen atoms in total. The molecule has 0 bridgehead atoms. The Morgan fingerprint density at radius 3 is 2.83 bits per heavy atom. The SMILES string of the molecule is CN(C)c1ccn(C2CC(O)C(CO)O2)c(=O)n1. The molecule has 1 aromatic heterocycles. The first kappa shape index (κ1) is 13.0. The third-order valence-electron chi connectivity index (χ3n) is 2.97. The van der Waals surface area contributed by atoms with E-state index in [1.54, 1.807) is 31.3 Å². The van der Waals surface area contributed by atoms with Gasteiger partial charge in [-0.2, -0.15) is 4.98 Å². The molecule has 0 aromatic carbocycles. The van der Waals surface area contributed by atoms with Gasteiger partial charge in [0.2, 0.25) is 0 Å². The van der Waals surface area contributed by atoms with Crippen molar-refractivity contribution < 1.29 is 14.9 Å². The minimum atomic E-state index is -0.763. The van der Waals surface area contributed by atoms with Crippen LogP contribution in [0.15, 0.2) is 17.1 Å². The van der Waals surface area contributed by atoms with E-state index in [1.165, 1.54) is 4.57 Å². The van der Waals surface area contributed by atoms with Gasteiger partial charge in [-0.25, -0.2) is 4.79 Å².